The molecule has 0 amide bonds. The van der Waals surface area contributed by atoms with E-state index in [-0.39, 0.29) is 26.2 Å². The van der Waals surface area contributed by atoms with Gasteiger partial charge in [0.1, 0.15) is 21.2 Å². The zero-order chi connectivity index (χ0) is 16.2. The lowest BCUT2D eigenvalue weighted by molar-refractivity contribution is 0.318. The Balaban J connectivity index is 3.67. The van der Waals surface area contributed by atoms with E-state index in [1.165, 1.54) is 0 Å². The van der Waals surface area contributed by atoms with Crippen LogP contribution in [0.25, 0.3) is 5.03 Å². The molecule has 0 bridgehead atoms. The smallest absolute Gasteiger partial charge is 0.180 e. The number of hydrogen-bond donors (Lipinski definition) is 1. The summed E-state index contributed by atoms with van der Waals surface area (Å²) in [4.78, 5) is 10.3. The molecule has 0 saturated carbocycles. The van der Waals surface area contributed by atoms with Crippen molar-refractivity contribution in [2.45, 2.75) is 20.8 Å². The van der Waals surface area contributed by atoms with E-state index >= 15 is 0 Å². The second-order valence-corrected chi connectivity index (χ2v) is 5.65. The first kappa shape index (κ1) is 18.3. The van der Waals surface area contributed by atoms with Crippen molar-refractivity contribution in [2.24, 2.45) is 5.16 Å². The summed E-state index contributed by atoms with van der Waals surface area (Å²) in [5.74, 6) is 0.671. The maximum absolute atomic E-state index is 8.86. The fourth-order valence-electron chi connectivity index (χ4n) is 1.66. The highest BCUT2D eigenvalue weighted by atomic mass is 35.5. The molecule has 0 aliphatic carbocycles. The van der Waals surface area contributed by atoms with E-state index in [0.717, 1.165) is 0 Å². The Morgan fingerprint density at radius 3 is 2.19 bits per heavy atom. The monoisotopic (exact) mass is 370 g/mol. The van der Waals surface area contributed by atoms with Crippen LogP contribution < -0.4 is 4.90 Å². The maximum atomic E-state index is 8.86. The Hall–Kier alpha value is -0.750. The van der Waals surface area contributed by atoms with Gasteiger partial charge < -0.3 is 10.1 Å². The molecule has 1 N–H and O–H groups in total. The summed E-state index contributed by atoms with van der Waals surface area (Å²) < 4.78 is -0.129. The lowest BCUT2D eigenvalue weighted by Gasteiger charge is -2.23. The minimum Gasteiger partial charge on any atom is -0.411 e. The van der Waals surface area contributed by atoms with Gasteiger partial charge in [-0.2, -0.15) is 0 Å². The third-order valence-electron chi connectivity index (χ3n) is 2.77. The average Bonchev–Trinajstić information content (AvgIpc) is 2.46. The molecule has 0 unspecified atom stereocenters. The van der Waals surface area contributed by atoms with Gasteiger partial charge in [0.05, 0.1) is 10.6 Å². The Bertz CT molecular complexity index is 581. The van der Waals surface area contributed by atoms with Crippen molar-refractivity contribution in [1.29, 1.82) is 0 Å². The van der Waals surface area contributed by atoms with Crippen molar-refractivity contribution in [3.63, 3.8) is 0 Å². The Labute approximate surface area is 143 Å². The second kappa shape index (κ2) is 8.03. The van der Waals surface area contributed by atoms with Crippen LogP contribution in [0.15, 0.2) is 9.65 Å². The fourth-order valence-corrected chi connectivity index (χ4v) is 2.33. The standard InChI is InChI=1S/C12H14Cl4N4O/c1-4-20(5-2)12-7(8(13)9(14)15)10(16)17-11(18-12)6(3)19-21/h21H,4-5H2,1-3H3/b19-6-. The Morgan fingerprint density at radius 2 is 1.76 bits per heavy atom. The first-order valence-corrected chi connectivity index (χ1v) is 7.61. The molecule has 1 aromatic heterocycles. The quantitative estimate of drug-likeness (QED) is 0.358. The first-order valence-electron chi connectivity index (χ1n) is 6.09. The van der Waals surface area contributed by atoms with E-state index in [9.17, 15) is 0 Å². The molecule has 116 valence electrons. The van der Waals surface area contributed by atoms with E-state index < -0.39 is 0 Å². The predicted molar refractivity (Wildman–Crippen MR) is 89.1 cm³/mol. The Kier molecular flexibility index (Phi) is 7.00. The molecule has 0 radical (unpaired) electrons. The van der Waals surface area contributed by atoms with Gasteiger partial charge in [-0.15, -0.1) is 0 Å². The maximum Gasteiger partial charge on any atom is 0.180 e. The van der Waals surface area contributed by atoms with Crippen molar-refractivity contribution < 1.29 is 5.21 Å². The minimum atomic E-state index is -0.129. The molecule has 1 heterocycles. The van der Waals surface area contributed by atoms with Crippen LogP contribution in [0.3, 0.4) is 0 Å². The number of hydrogen-bond acceptors (Lipinski definition) is 5. The summed E-state index contributed by atoms with van der Waals surface area (Å²) >= 11 is 23.8. The normalized spacial score (nSPS) is 11.5. The number of anilines is 1. The molecule has 5 nitrogen and oxygen atoms in total. The van der Waals surface area contributed by atoms with Gasteiger partial charge in [-0.05, 0) is 20.8 Å². The van der Waals surface area contributed by atoms with E-state index in [1.807, 2.05) is 18.7 Å². The summed E-state index contributed by atoms with van der Waals surface area (Å²) in [6.07, 6.45) is 0. The average molecular weight is 372 g/mol. The highest BCUT2D eigenvalue weighted by Crippen LogP contribution is 2.37. The van der Waals surface area contributed by atoms with Gasteiger partial charge in [0.25, 0.3) is 0 Å². The zero-order valence-corrected chi connectivity index (χ0v) is 14.7. The molecule has 1 rings (SSSR count). The molecule has 0 spiro atoms. The van der Waals surface area contributed by atoms with Gasteiger partial charge >= 0.3 is 0 Å². The Morgan fingerprint density at radius 1 is 1.19 bits per heavy atom. The lowest BCUT2D eigenvalue weighted by Crippen LogP contribution is -2.25. The van der Waals surface area contributed by atoms with Gasteiger partial charge in [-0.25, -0.2) is 9.97 Å². The van der Waals surface area contributed by atoms with Crippen molar-refractivity contribution in [3.8, 4) is 0 Å². The first-order chi connectivity index (χ1) is 9.87. The van der Waals surface area contributed by atoms with E-state index in [2.05, 4.69) is 15.1 Å². The van der Waals surface area contributed by atoms with Crippen molar-refractivity contribution in [1.82, 2.24) is 9.97 Å². The molecule has 0 fully saturated rings. The van der Waals surface area contributed by atoms with Gasteiger partial charge in [0, 0.05) is 13.1 Å². The van der Waals surface area contributed by atoms with Crippen LogP contribution in [0.5, 0.6) is 0 Å². The zero-order valence-electron chi connectivity index (χ0n) is 11.7. The molecular weight excluding hydrogens is 358 g/mol. The molecule has 0 aliphatic rings. The third kappa shape index (κ3) is 4.13. The predicted octanol–water partition coefficient (Wildman–Crippen LogP) is 4.52. The number of halogens is 4. The van der Waals surface area contributed by atoms with Crippen molar-refractivity contribution >= 4 is 63.0 Å². The van der Waals surface area contributed by atoms with Crippen LogP contribution in [0.2, 0.25) is 5.15 Å². The summed E-state index contributed by atoms with van der Waals surface area (Å²) in [6.45, 7) is 6.79. The lowest BCUT2D eigenvalue weighted by atomic mass is 10.2. The van der Waals surface area contributed by atoms with Gasteiger partial charge in [-0.1, -0.05) is 51.6 Å². The summed E-state index contributed by atoms with van der Waals surface area (Å²) in [6, 6.07) is 0. The molecule has 0 atom stereocenters. The van der Waals surface area contributed by atoms with Crippen LogP contribution in [0.1, 0.15) is 32.2 Å². The number of oxime groups is 1. The van der Waals surface area contributed by atoms with Gasteiger partial charge in [0.2, 0.25) is 0 Å². The van der Waals surface area contributed by atoms with Crippen LogP contribution in [0.4, 0.5) is 5.82 Å². The van der Waals surface area contributed by atoms with Crippen LogP contribution >= 0.6 is 46.4 Å². The van der Waals surface area contributed by atoms with E-state index in [0.29, 0.717) is 24.5 Å². The fraction of sp³-hybridized carbons (Fsp3) is 0.417. The molecule has 0 aliphatic heterocycles. The highest BCUT2D eigenvalue weighted by molar-refractivity contribution is 6.67. The SMILES string of the molecule is CCN(CC)c1nc(/C(C)=N\O)nc(Cl)c1C(Cl)=C(Cl)Cl. The molecule has 1 aromatic rings. The topological polar surface area (TPSA) is 61.6 Å². The summed E-state index contributed by atoms with van der Waals surface area (Å²) in [7, 11) is 0. The van der Waals surface area contributed by atoms with Crippen LogP contribution in [-0.2, 0) is 0 Å². The van der Waals surface area contributed by atoms with Gasteiger partial charge in [-0.3, -0.25) is 0 Å². The van der Waals surface area contributed by atoms with Crippen LogP contribution in [-0.4, -0.2) is 34.0 Å². The largest absolute Gasteiger partial charge is 0.411 e. The molecule has 0 saturated heterocycles. The molecule has 0 aromatic carbocycles. The number of rotatable bonds is 5. The van der Waals surface area contributed by atoms with Gasteiger partial charge in [0.15, 0.2) is 5.82 Å². The van der Waals surface area contributed by atoms with E-state index in [4.69, 9.17) is 51.6 Å². The second-order valence-electron chi connectivity index (χ2n) is 3.97. The van der Waals surface area contributed by atoms with Crippen LogP contribution in [0, 0.1) is 0 Å². The number of nitrogens with zero attached hydrogens (tertiary/aromatic N) is 4. The minimum absolute atomic E-state index is 0.0652. The summed E-state index contributed by atoms with van der Waals surface area (Å²) in [5, 5.41) is 12.1. The third-order valence-corrected chi connectivity index (χ3v) is 3.99. The highest BCUT2D eigenvalue weighted by Gasteiger charge is 2.22. The summed E-state index contributed by atoms with van der Waals surface area (Å²) in [5.41, 5.74) is 0.574. The number of aromatic nitrogens is 2. The van der Waals surface area contributed by atoms with Crippen molar-refractivity contribution in [3.05, 3.63) is 21.0 Å². The van der Waals surface area contributed by atoms with Crippen molar-refractivity contribution in [2.75, 3.05) is 18.0 Å². The molecular formula is C12H14Cl4N4O. The molecule has 9 heteroatoms. The van der Waals surface area contributed by atoms with E-state index in [1.54, 1.807) is 6.92 Å². The molecule has 21 heavy (non-hydrogen) atoms.